The van der Waals surface area contributed by atoms with Crippen LogP contribution in [0.15, 0.2) is 23.4 Å². The number of hydrogen-bond donors (Lipinski definition) is 0. The predicted molar refractivity (Wildman–Crippen MR) is 98.7 cm³/mol. The smallest absolute Gasteiger partial charge is 0.273 e. The fourth-order valence-corrected chi connectivity index (χ4v) is 5.00. The van der Waals surface area contributed by atoms with E-state index in [4.69, 9.17) is 4.84 Å². The monoisotopic (exact) mass is 332 g/mol. The molecule has 0 N–H and O–H groups in total. The summed E-state index contributed by atoms with van der Waals surface area (Å²) in [6.45, 7) is 13.3. The van der Waals surface area contributed by atoms with Crippen molar-refractivity contribution in [1.29, 1.82) is 0 Å². The average molecular weight is 333 g/mol. The number of rotatable bonds is 4. The molecule has 0 unspecified atom stereocenters. The molecule has 0 aromatic heterocycles. The van der Waals surface area contributed by atoms with E-state index in [1.54, 1.807) is 0 Å². The summed E-state index contributed by atoms with van der Waals surface area (Å²) >= 11 is 0. The molecule has 0 saturated carbocycles. The van der Waals surface area contributed by atoms with E-state index in [2.05, 4.69) is 56.6 Å². The molecule has 0 fully saturated rings. The highest BCUT2D eigenvalue weighted by Crippen LogP contribution is 2.45. The topological polar surface area (TPSA) is 41.9 Å². The Morgan fingerprint density at radius 3 is 2.43 bits per heavy atom. The van der Waals surface area contributed by atoms with Gasteiger partial charge in [0.1, 0.15) is 7.11 Å². The number of aryl methyl sites for hydroxylation is 1. The number of oxime groups is 1. The van der Waals surface area contributed by atoms with Gasteiger partial charge >= 0.3 is 0 Å². The molecule has 5 heteroatoms. The van der Waals surface area contributed by atoms with Gasteiger partial charge in [0.25, 0.3) is 5.91 Å². The van der Waals surface area contributed by atoms with Crippen LogP contribution in [0.4, 0.5) is 5.69 Å². The molecule has 1 amide bonds. The third-order valence-corrected chi connectivity index (χ3v) is 10.3. The lowest BCUT2D eigenvalue weighted by atomic mass is 10.0. The lowest BCUT2D eigenvalue weighted by Gasteiger charge is -2.44. The molecule has 1 aromatic rings. The lowest BCUT2D eigenvalue weighted by molar-refractivity contribution is -0.111. The number of carbonyl (C=O) groups is 1. The SMILES string of the molecule is CCCc1cccc2c1N([Si](C)(C)C(C)(C)C)C(=O)/C2=N\OC. The van der Waals surface area contributed by atoms with E-state index in [0.717, 1.165) is 24.1 Å². The minimum atomic E-state index is -2.07. The van der Waals surface area contributed by atoms with Crippen LogP contribution in [0.3, 0.4) is 0 Å². The van der Waals surface area contributed by atoms with Gasteiger partial charge < -0.3 is 9.40 Å². The maximum absolute atomic E-state index is 13.2. The molecule has 0 aliphatic carbocycles. The zero-order valence-corrected chi connectivity index (χ0v) is 16.4. The van der Waals surface area contributed by atoms with E-state index < -0.39 is 8.24 Å². The van der Waals surface area contributed by atoms with Crippen LogP contribution < -0.4 is 4.57 Å². The van der Waals surface area contributed by atoms with Gasteiger partial charge in [-0.1, -0.05) is 70.6 Å². The standard InChI is InChI=1S/C18H28N2O2Si/c1-8-10-13-11-9-12-14-15(19-22-5)17(21)20(16(13)14)23(6,7)18(2,3)4/h9,11-12H,8,10H2,1-7H3/b19-15-. The first-order valence-corrected chi connectivity index (χ1v) is 11.2. The number of anilines is 1. The van der Waals surface area contributed by atoms with E-state index >= 15 is 0 Å². The predicted octanol–water partition coefficient (Wildman–Crippen LogP) is 4.34. The number of amides is 1. The number of hydrogen-bond acceptors (Lipinski definition) is 3. The first kappa shape index (κ1) is 17.7. The van der Waals surface area contributed by atoms with Gasteiger partial charge in [-0.25, -0.2) is 0 Å². The molecule has 4 nitrogen and oxygen atoms in total. The van der Waals surface area contributed by atoms with Gasteiger partial charge in [0.2, 0.25) is 0 Å². The third-order valence-electron chi connectivity index (χ3n) is 5.10. The van der Waals surface area contributed by atoms with Crippen molar-refractivity contribution in [3.05, 3.63) is 29.3 Å². The summed E-state index contributed by atoms with van der Waals surface area (Å²) in [6.07, 6.45) is 2.01. The molecule has 0 bridgehead atoms. The van der Waals surface area contributed by atoms with Gasteiger partial charge in [0.15, 0.2) is 13.9 Å². The Morgan fingerprint density at radius 1 is 1.26 bits per heavy atom. The second-order valence-electron chi connectivity index (χ2n) is 7.64. The Balaban J connectivity index is 2.73. The summed E-state index contributed by atoms with van der Waals surface area (Å²) in [5, 5.41) is 4.10. The zero-order valence-electron chi connectivity index (χ0n) is 15.4. The van der Waals surface area contributed by atoms with Crippen LogP contribution in [-0.4, -0.2) is 27.0 Å². The van der Waals surface area contributed by atoms with Gasteiger partial charge in [-0.05, 0) is 17.0 Å². The normalized spacial score (nSPS) is 16.9. The van der Waals surface area contributed by atoms with Crippen molar-refractivity contribution in [3.63, 3.8) is 0 Å². The van der Waals surface area contributed by atoms with Crippen molar-refractivity contribution in [2.45, 2.75) is 58.7 Å². The van der Waals surface area contributed by atoms with Crippen molar-refractivity contribution >= 4 is 25.5 Å². The Labute approximate surface area is 140 Å². The van der Waals surface area contributed by atoms with Gasteiger partial charge in [-0.15, -0.1) is 0 Å². The van der Waals surface area contributed by atoms with E-state index in [9.17, 15) is 4.79 Å². The van der Waals surface area contributed by atoms with Crippen LogP contribution in [0.1, 0.15) is 45.2 Å². The number of para-hydroxylation sites is 1. The first-order chi connectivity index (χ1) is 10.7. The summed E-state index contributed by atoms with van der Waals surface area (Å²) in [5.74, 6) is -0.0167. The highest BCUT2D eigenvalue weighted by Gasteiger charge is 2.50. The van der Waals surface area contributed by atoms with Crippen LogP contribution in [0, 0.1) is 0 Å². The quantitative estimate of drug-likeness (QED) is 0.608. The van der Waals surface area contributed by atoms with E-state index in [0.29, 0.717) is 5.71 Å². The maximum Gasteiger partial charge on any atom is 0.273 e. The Hall–Kier alpha value is -1.62. The first-order valence-electron chi connectivity index (χ1n) is 8.24. The molecule has 0 atom stereocenters. The average Bonchev–Trinajstić information content (AvgIpc) is 2.73. The second-order valence-corrected chi connectivity index (χ2v) is 12.7. The number of fused-ring (bicyclic) bond motifs is 1. The summed E-state index contributed by atoms with van der Waals surface area (Å²) in [7, 11) is -0.579. The second kappa shape index (κ2) is 6.11. The summed E-state index contributed by atoms with van der Waals surface area (Å²) in [6, 6.07) is 6.13. The van der Waals surface area contributed by atoms with Crippen molar-refractivity contribution in [2.24, 2.45) is 5.16 Å². The zero-order chi connectivity index (χ0) is 17.4. The Bertz CT molecular complexity index is 645. The molecule has 23 heavy (non-hydrogen) atoms. The molecule has 0 spiro atoms. The van der Waals surface area contributed by atoms with Crippen LogP contribution in [-0.2, 0) is 16.1 Å². The van der Waals surface area contributed by atoms with Gasteiger partial charge in [-0.3, -0.25) is 4.79 Å². The fraction of sp³-hybridized carbons (Fsp3) is 0.556. The van der Waals surface area contributed by atoms with E-state index in [1.807, 2.05) is 12.1 Å². The molecule has 1 aliphatic heterocycles. The van der Waals surface area contributed by atoms with Crippen LogP contribution >= 0.6 is 0 Å². The number of carbonyl (C=O) groups excluding carboxylic acids is 1. The minimum Gasteiger partial charge on any atom is -0.398 e. The van der Waals surface area contributed by atoms with Crippen LogP contribution in [0.25, 0.3) is 0 Å². The van der Waals surface area contributed by atoms with E-state index in [-0.39, 0.29) is 10.9 Å². The molecule has 126 valence electrons. The Kier molecular flexibility index (Phi) is 4.71. The summed E-state index contributed by atoms with van der Waals surface area (Å²) in [4.78, 5) is 18.1. The Morgan fingerprint density at radius 2 is 1.91 bits per heavy atom. The molecule has 0 saturated heterocycles. The fourth-order valence-electron chi connectivity index (χ4n) is 2.89. The highest BCUT2D eigenvalue weighted by atomic mass is 28.3. The van der Waals surface area contributed by atoms with Crippen molar-refractivity contribution in [1.82, 2.24) is 0 Å². The molecule has 1 aliphatic rings. The van der Waals surface area contributed by atoms with E-state index in [1.165, 1.54) is 12.7 Å². The lowest BCUT2D eigenvalue weighted by Crippen LogP contribution is -2.57. The molecular formula is C18H28N2O2Si. The number of nitrogens with zero attached hydrogens (tertiary/aromatic N) is 2. The molecule has 1 aromatic carbocycles. The van der Waals surface area contributed by atoms with Gasteiger partial charge in [0.05, 0.1) is 0 Å². The number of benzene rings is 1. The highest BCUT2D eigenvalue weighted by molar-refractivity contribution is 6.90. The molecular weight excluding hydrogens is 304 g/mol. The van der Waals surface area contributed by atoms with Crippen molar-refractivity contribution in [2.75, 3.05) is 11.7 Å². The minimum absolute atomic E-state index is 0.0167. The van der Waals surface area contributed by atoms with Gasteiger partial charge in [0, 0.05) is 11.3 Å². The van der Waals surface area contributed by atoms with Crippen molar-refractivity contribution < 1.29 is 9.63 Å². The summed E-state index contributed by atoms with van der Waals surface area (Å²) < 4.78 is 2.06. The van der Waals surface area contributed by atoms with Crippen molar-refractivity contribution in [3.8, 4) is 0 Å². The summed E-state index contributed by atoms with van der Waals surface area (Å²) in [5.41, 5.74) is 3.63. The molecule has 2 rings (SSSR count). The largest absolute Gasteiger partial charge is 0.398 e. The maximum atomic E-state index is 13.2. The third kappa shape index (κ3) is 2.82. The molecule has 0 radical (unpaired) electrons. The molecule has 1 heterocycles. The van der Waals surface area contributed by atoms with Crippen LogP contribution in [0.2, 0.25) is 18.1 Å². The van der Waals surface area contributed by atoms with Crippen LogP contribution in [0.5, 0.6) is 0 Å². The van der Waals surface area contributed by atoms with Gasteiger partial charge in [-0.2, -0.15) is 0 Å².